The second-order valence-electron chi connectivity index (χ2n) is 4.20. The summed E-state index contributed by atoms with van der Waals surface area (Å²) >= 11 is 0. The predicted molar refractivity (Wildman–Crippen MR) is 62.1 cm³/mol. The number of imidazole rings is 1. The van der Waals surface area contributed by atoms with Gasteiger partial charge < -0.3 is 20.0 Å². The van der Waals surface area contributed by atoms with Crippen LogP contribution in [-0.4, -0.2) is 63.4 Å². The number of hydrogen-bond acceptors (Lipinski definition) is 6. The van der Waals surface area contributed by atoms with E-state index in [2.05, 4.69) is 9.88 Å². The number of hydrogen-bond donors (Lipinski definition) is 1. The van der Waals surface area contributed by atoms with Crippen LogP contribution in [0.2, 0.25) is 0 Å². The molecule has 1 aromatic heterocycles. The molecule has 8 heteroatoms. The van der Waals surface area contributed by atoms with E-state index in [1.165, 1.54) is 17.0 Å². The van der Waals surface area contributed by atoms with Crippen molar-refractivity contribution in [3.05, 3.63) is 22.5 Å². The van der Waals surface area contributed by atoms with Crippen molar-refractivity contribution in [1.82, 2.24) is 14.5 Å². The molecule has 1 aliphatic rings. The highest BCUT2D eigenvalue weighted by molar-refractivity contribution is 5.06. The number of rotatable bonds is 5. The SMILES string of the molecule is O=[N+]([O-])c1nccn1CC(O)CN1CCOCC1. The number of nitro groups is 1. The first-order chi connectivity index (χ1) is 8.66. The van der Waals surface area contributed by atoms with Crippen molar-refractivity contribution in [3.8, 4) is 0 Å². The van der Waals surface area contributed by atoms with Crippen LogP contribution >= 0.6 is 0 Å². The Hall–Kier alpha value is -1.51. The third-order valence-corrected chi connectivity index (χ3v) is 2.84. The van der Waals surface area contributed by atoms with Gasteiger partial charge in [0, 0.05) is 19.6 Å². The largest absolute Gasteiger partial charge is 0.434 e. The molecule has 1 unspecified atom stereocenters. The first-order valence-electron chi connectivity index (χ1n) is 5.80. The molecule has 0 amide bonds. The van der Waals surface area contributed by atoms with E-state index in [1.54, 1.807) is 0 Å². The van der Waals surface area contributed by atoms with Crippen LogP contribution in [0.25, 0.3) is 0 Å². The van der Waals surface area contributed by atoms with Gasteiger partial charge >= 0.3 is 5.95 Å². The van der Waals surface area contributed by atoms with E-state index in [0.717, 1.165) is 13.1 Å². The molecule has 1 N–H and O–H groups in total. The number of aromatic nitrogens is 2. The molecule has 8 nitrogen and oxygen atoms in total. The molecule has 1 atom stereocenters. The molecule has 1 aliphatic heterocycles. The Kier molecular flexibility index (Phi) is 4.24. The van der Waals surface area contributed by atoms with Crippen LogP contribution in [0.5, 0.6) is 0 Å². The minimum Gasteiger partial charge on any atom is -0.390 e. The highest BCUT2D eigenvalue weighted by Crippen LogP contribution is 2.09. The van der Waals surface area contributed by atoms with Gasteiger partial charge in [-0.2, -0.15) is 0 Å². The van der Waals surface area contributed by atoms with Gasteiger partial charge in [-0.1, -0.05) is 4.98 Å². The summed E-state index contributed by atoms with van der Waals surface area (Å²) in [6.45, 7) is 3.55. The number of nitrogens with zero attached hydrogens (tertiary/aromatic N) is 4. The zero-order valence-corrected chi connectivity index (χ0v) is 9.94. The molecular formula is C10H16N4O4. The summed E-state index contributed by atoms with van der Waals surface area (Å²) < 4.78 is 6.56. The highest BCUT2D eigenvalue weighted by Gasteiger charge is 2.20. The normalized spacial score (nSPS) is 18.7. The van der Waals surface area contributed by atoms with E-state index in [4.69, 9.17) is 4.74 Å². The average Bonchev–Trinajstić information content (AvgIpc) is 2.78. The lowest BCUT2D eigenvalue weighted by Crippen LogP contribution is -2.42. The number of aliphatic hydroxyl groups excluding tert-OH is 1. The van der Waals surface area contributed by atoms with E-state index in [-0.39, 0.29) is 12.5 Å². The Morgan fingerprint density at radius 3 is 2.89 bits per heavy atom. The Balaban J connectivity index is 1.88. The van der Waals surface area contributed by atoms with Crippen LogP contribution in [0, 0.1) is 10.1 Å². The fourth-order valence-electron chi connectivity index (χ4n) is 1.98. The Morgan fingerprint density at radius 1 is 1.50 bits per heavy atom. The zero-order chi connectivity index (χ0) is 13.0. The first-order valence-corrected chi connectivity index (χ1v) is 5.80. The van der Waals surface area contributed by atoms with Crippen LogP contribution in [0.4, 0.5) is 5.95 Å². The van der Waals surface area contributed by atoms with Gasteiger partial charge in [0.05, 0.1) is 25.9 Å². The maximum Gasteiger partial charge on any atom is 0.434 e. The van der Waals surface area contributed by atoms with E-state index < -0.39 is 11.0 Å². The summed E-state index contributed by atoms with van der Waals surface area (Å²) in [6.07, 6.45) is 2.20. The molecule has 1 saturated heterocycles. The van der Waals surface area contributed by atoms with Crippen molar-refractivity contribution in [2.24, 2.45) is 0 Å². The van der Waals surface area contributed by atoms with Gasteiger partial charge in [0.15, 0.2) is 0 Å². The van der Waals surface area contributed by atoms with Crippen LogP contribution in [0.3, 0.4) is 0 Å². The number of β-amino-alcohol motifs (C(OH)–C–C–N with tert-alkyl or cyclic N) is 1. The molecule has 0 saturated carbocycles. The molecule has 0 aliphatic carbocycles. The second-order valence-corrected chi connectivity index (χ2v) is 4.20. The van der Waals surface area contributed by atoms with Crippen molar-refractivity contribution < 1.29 is 14.8 Å². The van der Waals surface area contributed by atoms with Crippen molar-refractivity contribution in [2.75, 3.05) is 32.8 Å². The molecule has 1 fully saturated rings. The zero-order valence-electron chi connectivity index (χ0n) is 9.94. The second kappa shape index (κ2) is 5.89. The number of ether oxygens (including phenoxy) is 1. The minimum atomic E-state index is -0.656. The van der Waals surface area contributed by atoms with Gasteiger partial charge in [-0.3, -0.25) is 4.90 Å². The maximum atomic E-state index is 10.7. The molecule has 0 spiro atoms. The van der Waals surface area contributed by atoms with Crippen molar-refractivity contribution in [1.29, 1.82) is 0 Å². The molecule has 0 bridgehead atoms. The van der Waals surface area contributed by atoms with Gasteiger partial charge in [-0.15, -0.1) is 0 Å². The predicted octanol–water partition coefficient (Wildman–Crippen LogP) is -0.516. The van der Waals surface area contributed by atoms with Gasteiger partial charge in [0.25, 0.3) is 0 Å². The Labute approximate surface area is 104 Å². The third kappa shape index (κ3) is 3.25. The standard InChI is InChI=1S/C10H16N4O4/c15-9(7-12-3-5-18-6-4-12)8-13-2-1-11-10(13)14(16)17/h1-2,9,15H,3-8H2. The van der Waals surface area contributed by atoms with E-state index in [9.17, 15) is 15.2 Å². The Bertz CT molecular complexity index is 402. The quantitative estimate of drug-likeness (QED) is 0.563. The lowest BCUT2D eigenvalue weighted by atomic mass is 10.3. The monoisotopic (exact) mass is 256 g/mol. The van der Waals surface area contributed by atoms with E-state index in [1.807, 2.05) is 0 Å². The molecule has 1 aromatic rings. The third-order valence-electron chi connectivity index (χ3n) is 2.84. The summed E-state index contributed by atoms with van der Waals surface area (Å²) in [5.74, 6) is -0.240. The molecular weight excluding hydrogens is 240 g/mol. The lowest BCUT2D eigenvalue weighted by Gasteiger charge is -2.28. The van der Waals surface area contributed by atoms with Gasteiger partial charge in [0.2, 0.25) is 0 Å². The maximum absolute atomic E-state index is 10.7. The molecule has 2 heterocycles. The fourth-order valence-corrected chi connectivity index (χ4v) is 1.98. The number of aliphatic hydroxyl groups is 1. The van der Waals surface area contributed by atoms with Crippen LogP contribution < -0.4 is 0 Å². The minimum absolute atomic E-state index is 0.174. The van der Waals surface area contributed by atoms with E-state index >= 15 is 0 Å². The Morgan fingerprint density at radius 2 is 2.22 bits per heavy atom. The van der Waals surface area contributed by atoms with Crippen molar-refractivity contribution >= 4 is 5.95 Å². The molecule has 18 heavy (non-hydrogen) atoms. The van der Waals surface area contributed by atoms with Crippen molar-refractivity contribution in [3.63, 3.8) is 0 Å². The van der Waals surface area contributed by atoms with Gasteiger partial charge in [-0.05, 0) is 4.92 Å². The average molecular weight is 256 g/mol. The van der Waals surface area contributed by atoms with Crippen molar-refractivity contribution in [2.45, 2.75) is 12.6 Å². The molecule has 2 rings (SSSR count). The summed E-state index contributed by atoms with van der Waals surface area (Å²) in [5.41, 5.74) is 0. The summed E-state index contributed by atoms with van der Waals surface area (Å²) in [4.78, 5) is 15.8. The summed E-state index contributed by atoms with van der Waals surface area (Å²) in [6, 6.07) is 0. The summed E-state index contributed by atoms with van der Waals surface area (Å²) in [7, 11) is 0. The van der Waals surface area contributed by atoms with Gasteiger partial charge in [0.1, 0.15) is 12.4 Å². The van der Waals surface area contributed by atoms with E-state index in [0.29, 0.717) is 19.8 Å². The smallest absolute Gasteiger partial charge is 0.390 e. The van der Waals surface area contributed by atoms with Crippen LogP contribution in [0.1, 0.15) is 0 Å². The summed E-state index contributed by atoms with van der Waals surface area (Å²) in [5, 5.41) is 20.6. The number of morpholine rings is 1. The molecule has 0 aromatic carbocycles. The topological polar surface area (TPSA) is 93.7 Å². The highest BCUT2D eigenvalue weighted by atomic mass is 16.6. The first kappa shape index (κ1) is 12.9. The van der Waals surface area contributed by atoms with Crippen LogP contribution in [0.15, 0.2) is 12.4 Å². The van der Waals surface area contributed by atoms with Gasteiger partial charge in [-0.25, -0.2) is 4.57 Å². The molecule has 0 radical (unpaired) electrons. The molecule has 100 valence electrons. The lowest BCUT2D eigenvalue weighted by molar-refractivity contribution is -0.397. The van der Waals surface area contributed by atoms with Crippen LogP contribution in [-0.2, 0) is 11.3 Å². The fraction of sp³-hybridized carbons (Fsp3) is 0.700.